The van der Waals surface area contributed by atoms with Gasteiger partial charge >= 0.3 is 5.97 Å². The van der Waals surface area contributed by atoms with Crippen LogP contribution in [0.4, 0.5) is 0 Å². The smallest absolute Gasteiger partial charge is 0.313 e. The summed E-state index contributed by atoms with van der Waals surface area (Å²) >= 11 is 1.17. The van der Waals surface area contributed by atoms with Crippen molar-refractivity contribution in [1.82, 2.24) is 4.90 Å². The summed E-state index contributed by atoms with van der Waals surface area (Å²) in [5.41, 5.74) is 0.401. The zero-order valence-electron chi connectivity index (χ0n) is 11.4. The van der Waals surface area contributed by atoms with Crippen molar-refractivity contribution in [2.24, 2.45) is 5.41 Å². The first-order valence-corrected chi connectivity index (χ1v) is 7.52. The van der Waals surface area contributed by atoms with E-state index in [1.165, 1.54) is 11.8 Å². The fourth-order valence-corrected chi connectivity index (χ4v) is 2.96. The Kier molecular flexibility index (Phi) is 5.50. The predicted octanol–water partition coefficient (Wildman–Crippen LogP) is 2.23. The number of amides is 1. The molecule has 1 fully saturated rings. The number of carbonyl (C=O) groups is 2. The normalized spacial score (nSPS) is 19.5. The molecule has 1 saturated carbocycles. The van der Waals surface area contributed by atoms with E-state index in [9.17, 15) is 9.59 Å². The molecule has 1 aliphatic carbocycles. The van der Waals surface area contributed by atoms with Crippen LogP contribution in [0, 0.1) is 5.41 Å². The van der Waals surface area contributed by atoms with Crippen molar-refractivity contribution in [2.75, 3.05) is 18.6 Å². The molecule has 104 valence electrons. The highest BCUT2D eigenvalue weighted by molar-refractivity contribution is 8.00. The van der Waals surface area contributed by atoms with Crippen molar-refractivity contribution in [3.8, 4) is 0 Å². The average molecular weight is 273 g/mol. The largest absolute Gasteiger partial charge is 0.481 e. The Hall–Kier alpha value is -0.710. The lowest BCUT2D eigenvalue weighted by atomic mass is 9.75. The van der Waals surface area contributed by atoms with E-state index >= 15 is 0 Å². The van der Waals surface area contributed by atoms with Crippen LogP contribution < -0.4 is 0 Å². The quantitative estimate of drug-likeness (QED) is 0.834. The van der Waals surface area contributed by atoms with E-state index in [2.05, 4.69) is 13.8 Å². The monoisotopic (exact) mass is 273 g/mol. The lowest BCUT2D eigenvalue weighted by molar-refractivity contribution is -0.133. The number of rotatable bonds is 5. The Labute approximate surface area is 113 Å². The Morgan fingerprint density at radius 3 is 2.33 bits per heavy atom. The minimum Gasteiger partial charge on any atom is -0.481 e. The van der Waals surface area contributed by atoms with Gasteiger partial charge in [0.15, 0.2) is 0 Å². The maximum atomic E-state index is 11.9. The Balaban J connectivity index is 2.33. The van der Waals surface area contributed by atoms with Crippen molar-refractivity contribution >= 4 is 23.6 Å². The highest BCUT2D eigenvalue weighted by Gasteiger charge is 2.30. The molecule has 0 spiro atoms. The third kappa shape index (κ3) is 4.88. The van der Waals surface area contributed by atoms with Crippen LogP contribution in [0.25, 0.3) is 0 Å². The third-order valence-electron chi connectivity index (χ3n) is 3.70. The van der Waals surface area contributed by atoms with Gasteiger partial charge < -0.3 is 10.0 Å². The van der Waals surface area contributed by atoms with Crippen LogP contribution >= 0.6 is 11.8 Å². The van der Waals surface area contributed by atoms with E-state index < -0.39 is 5.97 Å². The van der Waals surface area contributed by atoms with Crippen LogP contribution in [-0.4, -0.2) is 46.5 Å². The van der Waals surface area contributed by atoms with Gasteiger partial charge in [0.25, 0.3) is 0 Å². The van der Waals surface area contributed by atoms with Crippen LogP contribution in [0.5, 0.6) is 0 Å². The molecule has 4 nitrogen and oxygen atoms in total. The molecular weight excluding hydrogens is 250 g/mol. The number of thioether (sulfide) groups is 1. The molecule has 0 atom stereocenters. The molecule has 5 heteroatoms. The van der Waals surface area contributed by atoms with Crippen LogP contribution in [0.3, 0.4) is 0 Å². The number of aliphatic carboxylic acids is 1. The minimum absolute atomic E-state index is 0.00270. The molecule has 0 radical (unpaired) electrons. The number of hydrogen-bond acceptors (Lipinski definition) is 3. The van der Waals surface area contributed by atoms with Gasteiger partial charge in [-0.3, -0.25) is 9.59 Å². The van der Waals surface area contributed by atoms with E-state index in [-0.39, 0.29) is 17.4 Å². The molecule has 1 aliphatic rings. The van der Waals surface area contributed by atoms with Crippen molar-refractivity contribution in [1.29, 1.82) is 0 Å². The zero-order valence-corrected chi connectivity index (χ0v) is 12.3. The Bertz CT molecular complexity index is 307. The first kappa shape index (κ1) is 15.3. The van der Waals surface area contributed by atoms with Crippen LogP contribution in [0.1, 0.15) is 39.5 Å². The molecular formula is C13H23NO3S. The second-order valence-electron chi connectivity index (χ2n) is 5.79. The van der Waals surface area contributed by atoms with Crippen molar-refractivity contribution in [3.63, 3.8) is 0 Å². The number of carboxylic acids is 1. The molecule has 0 aliphatic heterocycles. The molecule has 0 saturated heterocycles. The topological polar surface area (TPSA) is 57.6 Å². The Morgan fingerprint density at radius 1 is 1.28 bits per heavy atom. The van der Waals surface area contributed by atoms with E-state index in [0.29, 0.717) is 11.5 Å². The van der Waals surface area contributed by atoms with Gasteiger partial charge in [-0.05, 0) is 31.1 Å². The van der Waals surface area contributed by atoms with E-state index in [4.69, 9.17) is 5.11 Å². The molecule has 0 aromatic carbocycles. The molecule has 18 heavy (non-hydrogen) atoms. The fraction of sp³-hybridized carbons (Fsp3) is 0.846. The highest BCUT2D eigenvalue weighted by atomic mass is 32.2. The number of carboxylic acid groups (broad SMARTS) is 1. The summed E-state index contributed by atoms with van der Waals surface area (Å²) in [5, 5.41) is 8.53. The second-order valence-corrected chi connectivity index (χ2v) is 6.77. The molecule has 0 heterocycles. The van der Waals surface area contributed by atoms with Crippen molar-refractivity contribution in [3.05, 3.63) is 0 Å². The van der Waals surface area contributed by atoms with Gasteiger partial charge in [0.2, 0.25) is 5.91 Å². The summed E-state index contributed by atoms with van der Waals surface area (Å²) in [5.74, 6) is -0.555. The molecule has 0 aromatic heterocycles. The molecule has 1 amide bonds. The predicted molar refractivity (Wildman–Crippen MR) is 73.8 cm³/mol. The van der Waals surface area contributed by atoms with Crippen LogP contribution in [0.2, 0.25) is 0 Å². The zero-order chi connectivity index (χ0) is 13.8. The number of hydrogen-bond donors (Lipinski definition) is 1. The molecule has 1 rings (SSSR count). The first-order valence-electron chi connectivity index (χ1n) is 6.37. The fourth-order valence-electron chi connectivity index (χ4n) is 2.30. The lowest BCUT2D eigenvalue weighted by Crippen LogP contribution is -2.41. The average Bonchev–Trinajstić information content (AvgIpc) is 2.27. The van der Waals surface area contributed by atoms with Crippen LogP contribution in [-0.2, 0) is 9.59 Å². The van der Waals surface area contributed by atoms with Gasteiger partial charge in [-0.25, -0.2) is 0 Å². The summed E-state index contributed by atoms with van der Waals surface area (Å²) in [6.45, 7) is 4.54. The number of carbonyl (C=O) groups excluding carboxylic acids is 1. The first-order chi connectivity index (χ1) is 8.32. The summed E-state index contributed by atoms with van der Waals surface area (Å²) in [7, 11) is 1.84. The maximum Gasteiger partial charge on any atom is 0.313 e. The van der Waals surface area contributed by atoms with Gasteiger partial charge in [0.05, 0.1) is 11.5 Å². The van der Waals surface area contributed by atoms with Gasteiger partial charge in [-0.1, -0.05) is 13.8 Å². The molecule has 0 unspecified atom stereocenters. The van der Waals surface area contributed by atoms with E-state index in [1.807, 2.05) is 11.9 Å². The molecule has 0 bridgehead atoms. The summed E-state index contributed by atoms with van der Waals surface area (Å²) in [4.78, 5) is 24.1. The third-order valence-corrected chi connectivity index (χ3v) is 4.60. The standard InChI is InChI=1S/C13H23NO3S/c1-13(2)6-4-10(5-7-13)14(3)11(15)8-18-9-12(16)17/h10H,4-9H2,1-3H3,(H,16,17). The van der Waals surface area contributed by atoms with Crippen LogP contribution in [0.15, 0.2) is 0 Å². The van der Waals surface area contributed by atoms with Gasteiger partial charge in [0.1, 0.15) is 0 Å². The lowest BCUT2D eigenvalue weighted by Gasteiger charge is -2.38. The Morgan fingerprint density at radius 2 is 1.83 bits per heavy atom. The SMILES string of the molecule is CN(C(=O)CSCC(=O)O)C1CCC(C)(C)CC1. The van der Waals surface area contributed by atoms with E-state index in [1.54, 1.807) is 0 Å². The minimum atomic E-state index is -0.866. The van der Waals surface area contributed by atoms with E-state index in [0.717, 1.165) is 25.7 Å². The maximum absolute atomic E-state index is 11.9. The van der Waals surface area contributed by atoms with Gasteiger partial charge in [0, 0.05) is 13.1 Å². The molecule has 0 aromatic rings. The molecule has 1 N–H and O–H groups in total. The summed E-state index contributed by atoms with van der Waals surface area (Å²) < 4.78 is 0. The van der Waals surface area contributed by atoms with Crippen molar-refractivity contribution in [2.45, 2.75) is 45.6 Å². The van der Waals surface area contributed by atoms with Crippen molar-refractivity contribution < 1.29 is 14.7 Å². The summed E-state index contributed by atoms with van der Waals surface area (Å²) in [6.07, 6.45) is 4.41. The summed E-state index contributed by atoms with van der Waals surface area (Å²) in [6, 6.07) is 0.330. The second kappa shape index (κ2) is 6.45. The van der Waals surface area contributed by atoms with Gasteiger partial charge in [-0.15, -0.1) is 11.8 Å². The number of nitrogens with zero attached hydrogens (tertiary/aromatic N) is 1. The van der Waals surface area contributed by atoms with Gasteiger partial charge in [-0.2, -0.15) is 0 Å². The highest BCUT2D eigenvalue weighted by Crippen LogP contribution is 2.36.